The summed E-state index contributed by atoms with van der Waals surface area (Å²) in [5.41, 5.74) is 1.34. The van der Waals surface area contributed by atoms with Gasteiger partial charge in [0.15, 0.2) is 5.16 Å². The molecule has 128 valence electrons. The average Bonchev–Trinajstić information content (AvgIpc) is 3.24. The summed E-state index contributed by atoms with van der Waals surface area (Å²) in [6, 6.07) is 7.19. The second-order valence-corrected chi connectivity index (χ2v) is 6.48. The van der Waals surface area contributed by atoms with Gasteiger partial charge in [-0.3, -0.25) is 4.57 Å². The maximum atomic E-state index is 11.9. The summed E-state index contributed by atoms with van der Waals surface area (Å²) in [6.45, 7) is 1.28. The number of nitrogens with zero attached hydrogens (tertiary/aromatic N) is 2. The number of benzene rings is 1. The van der Waals surface area contributed by atoms with Crippen molar-refractivity contribution < 1.29 is 14.3 Å². The Morgan fingerprint density at radius 2 is 2.25 bits per heavy atom. The smallest absolute Gasteiger partial charge is 0.344 e. The van der Waals surface area contributed by atoms with Crippen LogP contribution in [0.3, 0.4) is 0 Å². The third kappa shape index (κ3) is 3.88. The van der Waals surface area contributed by atoms with E-state index in [2.05, 4.69) is 14.9 Å². The van der Waals surface area contributed by atoms with Crippen molar-refractivity contribution in [2.24, 2.45) is 0 Å². The van der Waals surface area contributed by atoms with E-state index < -0.39 is 0 Å². The van der Waals surface area contributed by atoms with Gasteiger partial charge in [0.1, 0.15) is 0 Å². The average molecular weight is 349 g/mol. The second kappa shape index (κ2) is 7.67. The van der Waals surface area contributed by atoms with Gasteiger partial charge in [-0.15, -0.1) is 5.10 Å². The molecule has 0 aliphatic carbocycles. The molecule has 3 rings (SSSR count). The summed E-state index contributed by atoms with van der Waals surface area (Å²) < 4.78 is 11.9. The summed E-state index contributed by atoms with van der Waals surface area (Å²) in [7, 11) is 1.36. The lowest BCUT2D eigenvalue weighted by molar-refractivity contribution is 0.0600. The van der Waals surface area contributed by atoms with Crippen LogP contribution >= 0.6 is 11.8 Å². The number of carbonyl (C=O) groups excluding carboxylic acids is 1. The Bertz CT molecular complexity index is 747. The molecule has 24 heavy (non-hydrogen) atoms. The molecule has 0 spiro atoms. The SMILES string of the molecule is COC(=O)c1ccc(CSc2n[nH]c(=O)n2CC2CCCO2)cc1. The molecule has 1 N–H and O–H groups in total. The van der Waals surface area contributed by atoms with Gasteiger partial charge in [-0.05, 0) is 30.5 Å². The number of hydrogen-bond acceptors (Lipinski definition) is 6. The van der Waals surface area contributed by atoms with Gasteiger partial charge in [0.2, 0.25) is 0 Å². The van der Waals surface area contributed by atoms with Gasteiger partial charge < -0.3 is 9.47 Å². The Morgan fingerprint density at radius 1 is 1.46 bits per heavy atom. The van der Waals surface area contributed by atoms with Crippen molar-refractivity contribution in [2.75, 3.05) is 13.7 Å². The minimum atomic E-state index is -0.355. The van der Waals surface area contributed by atoms with Crippen LogP contribution < -0.4 is 5.69 Å². The van der Waals surface area contributed by atoms with Crippen LogP contribution in [0, 0.1) is 0 Å². The van der Waals surface area contributed by atoms with Gasteiger partial charge >= 0.3 is 11.7 Å². The summed E-state index contributed by atoms with van der Waals surface area (Å²) >= 11 is 1.47. The molecule has 0 saturated carbocycles. The van der Waals surface area contributed by atoms with Crippen LogP contribution in [0.5, 0.6) is 0 Å². The van der Waals surface area contributed by atoms with Gasteiger partial charge in [0.05, 0.1) is 25.3 Å². The number of thioether (sulfide) groups is 1. The molecule has 1 saturated heterocycles. The lowest BCUT2D eigenvalue weighted by atomic mass is 10.1. The molecule has 0 amide bonds. The number of H-pyrrole nitrogens is 1. The minimum Gasteiger partial charge on any atom is -0.465 e. The van der Waals surface area contributed by atoms with E-state index in [1.807, 2.05) is 12.1 Å². The molecular weight excluding hydrogens is 330 g/mol. The highest BCUT2D eigenvalue weighted by atomic mass is 32.2. The summed E-state index contributed by atoms with van der Waals surface area (Å²) in [6.07, 6.45) is 2.09. The molecule has 1 aliphatic rings. The largest absolute Gasteiger partial charge is 0.465 e. The highest BCUT2D eigenvalue weighted by molar-refractivity contribution is 7.98. The van der Waals surface area contributed by atoms with E-state index in [4.69, 9.17) is 4.74 Å². The number of esters is 1. The number of nitrogens with one attached hydrogen (secondary N) is 1. The lowest BCUT2D eigenvalue weighted by Crippen LogP contribution is -2.24. The first kappa shape index (κ1) is 16.8. The number of methoxy groups -OCH3 is 1. The molecule has 1 aromatic carbocycles. The van der Waals surface area contributed by atoms with Crippen LogP contribution in [0.15, 0.2) is 34.2 Å². The summed E-state index contributed by atoms with van der Waals surface area (Å²) in [5, 5.41) is 7.24. The Morgan fingerprint density at radius 3 is 2.92 bits per heavy atom. The van der Waals surface area contributed by atoms with Gasteiger partial charge in [0.25, 0.3) is 0 Å². The van der Waals surface area contributed by atoms with Gasteiger partial charge in [0, 0.05) is 12.4 Å². The molecule has 0 bridgehead atoms. The van der Waals surface area contributed by atoms with Crippen molar-refractivity contribution in [1.82, 2.24) is 14.8 Å². The van der Waals surface area contributed by atoms with Crippen molar-refractivity contribution in [2.45, 2.75) is 36.4 Å². The fourth-order valence-electron chi connectivity index (χ4n) is 2.57. The Balaban J connectivity index is 1.64. The van der Waals surface area contributed by atoms with Crippen LogP contribution in [0.2, 0.25) is 0 Å². The zero-order valence-electron chi connectivity index (χ0n) is 13.4. The molecule has 1 fully saturated rings. The number of rotatable bonds is 6. The maximum absolute atomic E-state index is 11.9. The first-order chi connectivity index (χ1) is 11.7. The third-order valence-corrected chi connectivity index (χ3v) is 4.92. The first-order valence-electron chi connectivity index (χ1n) is 7.74. The Kier molecular flexibility index (Phi) is 5.37. The van der Waals surface area contributed by atoms with E-state index in [1.165, 1.54) is 18.9 Å². The number of hydrogen-bond donors (Lipinski definition) is 1. The van der Waals surface area contributed by atoms with E-state index in [1.54, 1.807) is 16.7 Å². The molecule has 0 radical (unpaired) electrons. The molecule has 2 heterocycles. The van der Waals surface area contributed by atoms with E-state index in [0.29, 0.717) is 23.0 Å². The summed E-state index contributed by atoms with van der Waals surface area (Å²) in [5.74, 6) is 0.295. The third-order valence-electron chi connectivity index (χ3n) is 3.88. The number of carbonyl (C=O) groups is 1. The van der Waals surface area contributed by atoms with Crippen molar-refractivity contribution in [3.63, 3.8) is 0 Å². The number of aromatic nitrogens is 3. The number of aromatic amines is 1. The second-order valence-electron chi connectivity index (χ2n) is 5.53. The van der Waals surface area contributed by atoms with Crippen molar-refractivity contribution >= 4 is 17.7 Å². The van der Waals surface area contributed by atoms with Gasteiger partial charge in [-0.2, -0.15) is 0 Å². The molecule has 1 aromatic heterocycles. The first-order valence-corrected chi connectivity index (χ1v) is 8.73. The van der Waals surface area contributed by atoms with E-state index in [0.717, 1.165) is 25.0 Å². The molecule has 1 aliphatic heterocycles. The fraction of sp³-hybridized carbons (Fsp3) is 0.438. The summed E-state index contributed by atoms with van der Waals surface area (Å²) in [4.78, 5) is 23.3. The zero-order valence-corrected chi connectivity index (χ0v) is 14.2. The Labute approximate surface area is 143 Å². The topological polar surface area (TPSA) is 86.2 Å². The van der Waals surface area contributed by atoms with Crippen LogP contribution in [0.4, 0.5) is 0 Å². The molecule has 8 heteroatoms. The fourth-order valence-corrected chi connectivity index (χ4v) is 3.48. The van der Waals surface area contributed by atoms with E-state index in [9.17, 15) is 9.59 Å². The quantitative estimate of drug-likeness (QED) is 0.632. The maximum Gasteiger partial charge on any atom is 0.344 e. The van der Waals surface area contributed by atoms with Gasteiger partial charge in [-0.25, -0.2) is 14.7 Å². The molecular formula is C16H19N3O4S. The van der Waals surface area contributed by atoms with Crippen molar-refractivity contribution in [3.8, 4) is 0 Å². The predicted octanol–water partition coefficient (Wildman–Crippen LogP) is 1.83. The molecule has 7 nitrogen and oxygen atoms in total. The number of ether oxygens (including phenoxy) is 2. The van der Waals surface area contributed by atoms with Crippen LogP contribution in [-0.4, -0.2) is 40.6 Å². The highest BCUT2D eigenvalue weighted by Crippen LogP contribution is 2.22. The Hall–Kier alpha value is -2.06. The van der Waals surface area contributed by atoms with E-state index >= 15 is 0 Å². The monoisotopic (exact) mass is 349 g/mol. The predicted molar refractivity (Wildman–Crippen MR) is 89.2 cm³/mol. The lowest BCUT2D eigenvalue weighted by Gasteiger charge is -2.11. The normalized spacial score (nSPS) is 17.1. The van der Waals surface area contributed by atoms with Crippen LogP contribution in [0.1, 0.15) is 28.8 Å². The standard InChI is InChI=1S/C16H19N3O4S/c1-22-14(20)12-6-4-11(5-7-12)10-24-16-18-17-15(21)19(16)9-13-3-2-8-23-13/h4-7,13H,2-3,8-10H2,1H3,(H,17,21). The molecule has 1 unspecified atom stereocenters. The molecule has 2 aromatic rings. The highest BCUT2D eigenvalue weighted by Gasteiger charge is 2.19. The van der Waals surface area contributed by atoms with E-state index in [-0.39, 0.29) is 17.8 Å². The van der Waals surface area contributed by atoms with Crippen molar-refractivity contribution in [1.29, 1.82) is 0 Å². The van der Waals surface area contributed by atoms with Crippen LogP contribution in [-0.2, 0) is 21.8 Å². The molecule has 1 atom stereocenters. The van der Waals surface area contributed by atoms with Crippen molar-refractivity contribution in [3.05, 3.63) is 45.9 Å². The van der Waals surface area contributed by atoms with Gasteiger partial charge in [-0.1, -0.05) is 23.9 Å². The minimum absolute atomic E-state index is 0.0824. The van der Waals surface area contributed by atoms with Crippen LogP contribution in [0.25, 0.3) is 0 Å². The zero-order chi connectivity index (χ0) is 16.9.